The molecule has 3 aromatic carbocycles. The minimum absolute atomic E-state index is 0.000901. The molecule has 0 fully saturated rings. The van der Waals surface area contributed by atoms with Crippen molar-refractivity contribution in [2.24, 2.45) is 0 Å². The monoisotopic (exact) mass is 478 g/mol. The molecule has 33 heavy (non-hydrogen) atoms. The number of aryl methyl sites for hydroxylation is 1. The second-order valence-electron chi connectivity index (χ2n) is 7.18. The van der Waals surface area contributed by atoms with E-state index in [0.717, 1.165) is 18.2 Å². The molecule has 3 aromatic rings. The summed E-state index contributed by atoms with van der Waals surface area (Å²) in [6, 6.07) is 12.6. The van der Waals surface area contributed by atoms with E-state index in [1.54, 1.807) is 13.0 Å². The molecule has 7 nitrogen and oxygen atoms in total. The van der Waals surface area contributed by atoms with Gasteiger partial charge in [0.1, 0.15) is 0 Å². The first-order valence-electron chi connectivity index (χ1n) is 9.55. The number of sulfonamides is 1. The van der Waals surface area contributed by atoms with E-state index in [1.165, 1.54) is 36.4 Å². The summed E-state index contributed by atoms with van der Waals surface area (Å²) in [4.78, 5) is 12.5. The van der Waals surface area contributed by atoms with Gasteiger partial charge in [-0.05, 0) is 55.0 Å². The summed E-state index contributed by atoms with van der Waals surface area (Å²) < 4.78 is 77.3. The third-order valence-electron chi connectivity index (χ3n) is 4.84. The highest BCUT2D eigenvalue weighted by atomic mass is 32.2. The van der Waals surface area contributed by atoms with Gasteiger partial charge in [-0.2, -0.15) is 13.2 Å². The molecule has 0 bridgehead atoms. The summed E-state index contributed by atoms with van der Waals surface area (Å²) in [6.07, 6.45) is -4.56. The van der Waals surface area contributed by atoms with Gasteiger partial charge in [0.2, 0.25) is 6.79 Å². The Labute approximate surface area is 187 Å². The van der Waals surface area contributed by atoms with Crippen LogP contribution >= 0.6 is 0 Å². The Hall–Kier alpha value is -3.73. The zero-order valence-electron chi connectivity index (χ0n) is 17.1. The first-order chi connectivity index (χ1) is 15.5. The van der Waals surface area contributed by atoms with E-state index in [1.807, 2.05) is 0 Å². The van der Waals surface area contributed by atoms with E-state index < -0.39 is 27.7 Å². The van der Waals surface area contributed by atoms with Crippen molar-refractivity contribution in [3.8, 4) is 11.5 Å². The van der Waals surface area contributed by atoms with Crippen LogP contribution in [0.5, 0.6) is 11.5 Å². The SMILES string of the molecule is Cc1ccc(S(=O)(=O)Nc2ccc3c(c2)OCO3)cc1C(=O)Nc1cccc(C(F)(F)F)c1. The van der Waals surface area contributed by atoms with Gasteiger partial charge in [0.25, 0.3) is 15.9 Å². The molecule has 4 rings (SSSR count). The van der Waals surface area contributed by atoms with Crippen molar-refractivity contribution in [3.63, 3.8) is 0 Å². The highest BCUT2D eigenvalue weighted by molar-refractivity contribution is 7.92. The lowest BCUT2D eigenvalue weighted by molar-refractivity contribution is -0.137. The van der Waals surface area contributed by atoms with Crippen molar-refractivity contribution in [2.45, 2.75) is 18.0 Å². The van der Waals surface area contributed by atoms with Crippen LogP contribution in [0.15, 0.2) is 65.6 Å². The van der Waals surface area contributed by atoms with Crippen LogP contribution in [-0.4, -0.2) is 21.1 Å². The van der Waals surface area contributed by atoms with Gasteiger partial charge in [0.05, 0.1) is 16.1 Å². The Bertz CT molecular complexity index is 1340. The number of hydrogen-bond acceptors (Lipinski definition) is 5. The van der Waals surface area contributed by atoms with Crippen molar-refractivity contribution < 1.29 is 35.9 Å². The summed E-state index contributed by atoms with van der Waals surface area (Å²) >= 11 is 0. The third-order valence-corrected chi connectivity index (χ3v) is 6.22. The molecule has 0 spiro atoms. The van der Waals surface area contributed by atoms with E-state index >= 15 is 0 Å². The number of rotatable bonds is 5. The van der Waals surface area contributed by atoms with Gasteiger partial charge >= 0.3 is 6.18 Å². The number of nitrogens with one attached hydrogen (secondary N) is 2. The number of anilines is 2. The second kappa shape index (κ2) is 8.32. The molecule has 2 N–H and O–H groups in total. The molecule has 0 unspecified atom stereocenters. The van der Waals surface area contributed by atoms with Crippen LogP contribution in [0.1, 0.15) is 21.5 Å². The normalized spacial score (nSPS) is 13.0. The number of benzene rings is 3. The molecule has 1 heterocycles. The molecule has 11 heteroatoms. The Morgan fingerprint density at radius 2 is 1.70 bits per heavy atom. The van der Waals surface area contributed by atoms with Gasteiger partial charge in [-0.25, -0.2) is 8.42 Å². The summed E-state index contributed by atoms with van der Waals surface area (Å²) in [5, 5.41) is 2.38. The van der Waals surface area contributed by atoms with Crippen molar-refractivity contribution in [3.05, 3.63) is 77.4 Å². The molecule has 0 radical (unpaired) electrons. The maximum Gasteiger partial charge on any atom is 0.416 e. The fourth-order valence-corrected chi connectivity index (χ4v) is 4.23. The van der Waals surface area contributed by atoms with E-state index in [9.17, 15) is 26.4 Å². The van der Waals surface area contributed by atoms with Crippen molar-refractivity contribution in [1.29, 1.82) is 0 Å². The number of hydrogen-bond donors (Lipinski definition) is 2. The molecule has 0 atom stereocenters. The third kappa shape index (κ3) is 4.87. The molecule has 0 saturated carbocycles. The lowest BCUT2D eigenvalue weighted by Crippen LogP contribution is -2.17. The van der Waals surface area contributed by atoms with Gasteiger partial charge < -0.3 is 14.8 Å². The second-order valence-corrected chi connectivity index (χ2v) is 8.87. The molecule has 1 aliphatic heterocycles. The van der Waals surface area contributed by atoms with Crippen LogP contribution < -0.4 is 19.5 Å². The van der Waals surface area contributed by atoms with Crippen LogP contribution in [-0.2, 0) is 16.2 Å². The summed E-state index contributed by atoms with van der Waals surface area (Å²) in [5.41, 5.74) is -0.306. The summed E-state index contributed by atoms with van der Waals surface area (Å²) in [7, 11) is -4.08. The number of ether oxygens (including phenoxy) is 2. The highest BCUT2D eigenvalue weighted by Gasteiger charge is 2.30. The van der Waals surface area contributed by atoms with Crippen LogP contribution in [0, 0.1) is 6.92 Å². The van der Waals surface area contributed by atoms with E-state index in [0.29, 0.717) is 17.1 Å². The van der Waals surface area contributed by atoms with E-state index in [-0.39, 0.29) is 28.6 Å². The molecule has 1 aliphatic rings. The Morgan fingerprint density at radius 3 is 2.45 bits per heavy atom. The molecule has 0 saturated heterocycles. The number of amides is 1. The van der Waals surface area contributed by atoms with Crippen molar-refractivity contribution >= 4 is 27.3 Å². The molecular weight excluding hydrogens is 461 g/mol. The number of alkyl halides is 3. The highest BCUT2D eigenvalue weighted by Crippen LogP contribution is 2.35. The largest absolute Gasteiger partial charge is 0.454 e. The van der Waals surface area contributed by atoms with Gasteiger partial charge in [0.15, 0.2) is 11.5 Å². The Balaban J connectivity index is 1.57. The zero-order chi connectivity index (χ0) is 23.8. The van der Waals surface area contributed by atoms with E-state index in [2.05, 4.69) is 10.0 Å². The van der Waals surface area contributed by atoms with Crippen LogP contribution in [0.2, 0.25) is 0 Å². The average molecular weight is 478 g/mol. The van der Waals surface area contributed by atoms with Crippen LogP contribution in [0.4, 0.5) is 24.5 Å². The number of fused-ring (bicyclic) bond motifs is 1. The first-order valence-corrected chi connectivity index (χ1v) is 11.0. The minimum Gasteiger partial charge on any atom is -0.454 e. The number of carbonyl (C=O) groups excluding carboxylic acids is 1. The quantitative estimate of drug-likeness (QED) is 0.550. The summed E-state index contributed by atoms with van der Waals surface area (Å²) in [5.74, 6) is 0.133. The lowest BCUT2D eigenvalue weighted by Gasteiger charge is -2.13. The standard InChI is InChI=1S/C22H17F3N2O5S/c1-13-5-7-17(33(29,30)27-16-6-8-19-20(10-16)32-12-31-19)11-18(13)21(28)26-15-4-2-3-14(9-15)22(23,24)25/h2-11,27H,12H2,1H3,(H,26,28). The fourth-order valence-electron chi connectivity index (χ4n) is 3.16. The lowest BCUT2D eigenvalue weighted by atomic mass is 10.1. The molecule has 0 aromatic heterocycles. The van der Waals surface area contributed by atoms with Crippen molar-refractivity contribution in [2.75, 3.05) is 16.8 Å². The van der Waals surface area contributed by atoms with Crippen LogP contribution in [0.3, 0.4) is 0 Å². The van der Waals surface area contributed by atoms with Gasteiger partial charge in [-0.3, -0.25) is 9.52 Å². The molecule has 1 amide bonds. The number of halogens is 3. The molecule has 0 aliphatic carbocycles. The predicted octanol–water partition coefficient (Wildman–Crippen LogP) is 4.80. The average Bonchev–Trinajstić information content (AvgIpc) is 3.21. The fraction of sp³-hybridized carbons (Fsp3) is 0.136. The van der Waals surface area contributed by atoms with E-state index in [4.69, 9.17) is 9.47 Å². The zero-order valence-corrected chi connectivity index (χ0v) is 17.9. The van der Waals surface area contributed by atoms with Gasteiger partial charge in [-0.1, -0.05) is 12.1 Å². The Kier molecular flexibility index (Phi) is 5.66. The minimum atomic E-state index is -4.56. The summed E-state index contributed by atoms with van der Waals surface area (Å²) in [6.45, 7) is 1.62. The smallest absolute Gasteiger partial charge is 0.416 e. The van der Waals surface area contributed by atoms with Gasteiger partial charge in [-0.15, -0.1) is 0 Å². The maximum absolute atomic E-state index is 12.9. The van der Waals surface area contributed by atoms with Crippen molar-refractivity contribution in [1.82, 2.24) is 0 Å². The first kappa shape index (κ1) is 22.5. The predicted molar refractivity (Wildman–Crippen MR) is 114 cm³/mol. The Morgan fingerprint density at radius 1 is 0.939 bits per heavy atom. The topological polar surface area (TPSA) is 93.7 Å². The maximum atomic E-state index is 12.9. The van der Waals surface area contributed by atoms with Crippen LogP contribution in [0.25, 0.3) is 0 Å². The molecule has 172 valence electrons. The van der Waals surface area contributed by atoms with Gasteiger partial charge in [0, 0.05) is 17.3 Å². The number of carbonyl (C=O) groups is 1. The molecular formula is C22H17F3N2O5S.